The first-order chi connectivity index (χ1) is 12.3. The van der Waals surface area contributed by atoms with Crippen LogP contribution < -0.4 is 14.5 Å². The summed E-state index contributed by atoms with van der Waals surface area (Å²) >= 11 is 0. The monoisotopic (exact) mass is 344 g/mol. The summed E-state index contributed by atoms with van der Waals surface area (Å²) in [6, 6.07) is 8.31. The molecule has 0 amide bonds. The number of hydrogen-bond donors (Lipinski definition) is 0. The molecule has 2 saturated heterocycles. The number of aromatic nitrogens is 2. The fourth-order valence-corrected chi connectivity index (χ4v) is 3.24. The first kappa shape index (κ1) is 16.1. The molecule has 0 spiro atoms. The molecular formula is C18H21FN4O2. The second-order valence-corrected chi connectivity index (χ2v) is 6.27. The zero-order chi connectivity index (χ0) is 17.1. The van der Waals surface area contributed by atoms with Gasteiger partial charge in [0.1, 0.15) is 35.6 Å². The number of benzene rings is 1. The third-order valence-electron chi connectivity index (χ3n) is 4.54. The summed E-state index contributed by atoms with van der Waals surface area (Å²) in [5, 5.41) is 0. The number of ether oxygens (including phenoxy) is 2. The van der Waals surface area contributed by atoms with E-state index in [-0.39, 0.29) is 11.9 Å². The molecule has 7 heteroatoms. The molecule has 1 aromatic carbocycles. The zero-order valence-corrected chi connectivity index (χ0v) is 14.0. The molecule has 2 aromatic rings. The highest BCUT2D eigenvalue weighted by atomic mass is 19.1. The van der Waals surface area contributed by atoms with Crippen molar-refractivity contribution >= 4 is 11.6 Å². The molecular weight excluding hydrogens is 323 g/mol. The Kier molecular flexibility index (Phi) is 4.65. The van der Waals surface area contributed by atoms with Crippen LogP contribution in [0.5, 0.6) is 5.75 Å². The van der Waals surface area contributed by atoms with Crippen molar-refractivity contribution in [2.45, 2.75) is 12.5 Å². The minimum atomic E-state index is -0.279. The molecule has 1 aromatic heterocycles. The van der Waals surface area contributed by atoms with Gasteiger partial charge in [0, 0.05) is 38.2 Å². The largest absolute Gasteiger partial charge is 0.488 e. The quantitative estimate of drug-likeness (QED) is 0.847. The molecule has 2 aliphatic rings. The SMILES string of the molecule is Fc1cccc(OC2CCN(c3cc(N4CCOCC4)ncn3)C2)c1. The van der Waals surface area contributed by atoms with E-state index in [4.69, 9.17) is 9.47 Å². The van der Waals surface area contributed by atoms with Gasteiger partial charge < -0.3 is 19.3 Å². The van der Waals surface area contributed by atoms with Crippen molar-refractivity contribution in [3.05, 3.63) is 42.5 Å². The Labute approximate surface area is 146 Å². The van der Waals surface area contributed by atoms with Crippen LogP contribution >= 0.6 is 0 Å². The van der Waals surface area contributed by atoms with E-state index in [1.54, 1.807) is 18.5 Å². The van der Waals surface area contributed by atoms with Crippen molar-refractivity contribution in [2.75, 3.05) is 49.2 Å². The van der Waals surface area contributed by atoms with Crippen molar-refractivity contribution in [1.82, 2.24) is 9.97 Å². The summed E-state index contributed by atoms with van der Waals surface area (Å²) in [5.74, 6) is 2.13. The Hall–Kier alpha value is -2.41. The van der Waals surface area contributed by atoms with Crippen LogP contribution in [0.4, 0.5) is 16.0 Å². The molecule has 1 atom stereocenters. The van der Waals surface area contributed by atoms with Gasteiger partial charge in [0.2, 0.25) is 0 Å². The highest BCUT2D eigenvalue weighted by molar-refractivity contribution is 5.51. The number of hydrogen-bond acceptors (Lipinski definition) is 6. The Balaban J connectivity index is 1.41. The zero-order valence-electron chi connectivity index (χ0n) is 14.0. The van der Waals surface area contributed by atoms with E-state index in [1.165, 1.54) is 12.1 Å². The minimum absolute atomic E-state index is 0.0311. The number of anilines is 2. The average Bonchev–Trinajstić information content (AvgIpc) is 3.11. The van der Waals surface area contributed by atoms with Crippen LogP contribution in [0.25, 0.3) is 0 Å². The highest BCUT2D eigenvalue weighted by Gasteiger charge is 2.26. The molecule has 25 heavy (non-hydrogen) atoms. The van der Waals surface area contributed by atoms with Crippen molar-refractivity contribution in [3.63, 3.8) is 0 Å². The Morgan fingerprint density at radius 2 is 1.84 bits per heavy atom. The lowest BCUT2D eigenvalue weighted by atomic mass is 10.3. The van der Waals surface area contributed by atoms with Crippen LogP contribution in [-0.4, -0.2) is 55.5 Å². The van der Waals surface area contributed by atoms with Crippen LogP contribution in [0, 0.1) is 5.82 Å². The summed E-state index contributed by atoms with van der Waals surface area (Å²) in [7, 11) is 0. The van der Waals surface area contributed by atoms with Crippen molar-refractivity contribution in [2.24, 2.45) is 0 Å². The fourth-order valence-electron chi connectivity index (χ4n) is 3.24. The Morgan fingerprint density at radius 3 is 2.64 bits per heavy atom. The van der Waals surface area contributed by atoms with Crippen LogP contribution in [0.15, 0.2) is 36.7 Å². The lowest BCUT2D eigenvalue weighted by molar-refractivity contribution is 0.122. The van der Waals surface area contributed by atoms with Crippen LogP contribution in [0.1, 0.15) is 6.42 Å². The van der Waals surface area contributed by atoms with E-state index in [0.29, 0.717) is 5.75 Å². The molecule has 0 saturated carbocycles. The first-order valence-corrected chi connectivity index (χ1v) is 8.60. The maximum atomic E-state index is 13.3. The Bertz CT molecular complexity index is 724. The van der Waals surface area contributed by atoms with Crippen molar-refractivity contribution < 1.29 is 13.9 Å². The molecule has 1 unspecified atom stereocenters. The summed E-state index contributed by atoms with van der Waals surface area (Å²) < 4.78 is 24.6. The summed E-state index contributed by atoms with van der Waals surface area (Å²) in [6.07, 6.45) is 2.53. The van der Waals surface area contributed by atoms with E-state index < -0.39 is 0 Å². The molecule has 2 fully saturated rings. The topological polar surface area (TPSA) is 50.7 Å². The molecule has 0 radical (unpaired) electrons. The maximum absolute atomic E-state index is 13.3. The van der Waals surface area contributed by atoms with Crippen molar-refractivity contribution in [3.8, 4) is 5.75 Å². The van der Waals surface area contributed by atoms with Gasteiger partial charge in [0.25, 0.3) is 0 Å². The average molecular weight is 344 g/mol. The smallest absolute Gasteiger partial charge is 0.134 e. The van der Waals surface area contributed by atoms with Gasteiger partial charge in [-0.25, -0.2) is 14.4 Å². The molecule has 132 valence electrons. The lowest BCUT2D eigenvalue weighted by Crippen LogP contribution is -2.37. The molecule has 0 bridgehead atoms. The van der Waals surface area contributed by atoms with Gasteiger partial charge in [-0.3, -0.25) is 0 Å². The van der Waals surface area contributed by atoms with E-state index in [9.17, 15) is 4.39 Å². The van der Waals surface area contributed by atoms with Crippen LogP contribution in [0.2, 0.25) is 0 Å². The van der Waals surface area contributed by atoms with Gasteiger partial charge in [-0.15, -0.1) is 0 Å². The van der Waals surface area contributed by atoms with E-state index in [1.807, 2.05) is 6.07 Å². The standard InChI is InChI=1S/C18H21FN4O2/c19-14-2-1-3-15(10-14)25-16-4-5-23(12-16)18-11-17(20-13-21-18)22-6-8-24-9-7-22/h1-3,10-11,13,16H,4-9,12H2. The predicted octanol–water partition coefficient (Wildman–Crippen LogP) is 2.11. The first-order valence-electron chi connectivity index (χ1n) is 8.60. The van der Waals surface area contributed by atoms with Gasteiger partial charge in [-0.2, -0.15) is 0 Å². The van der Waals surface area contributed by atoms with E-state index >= 15 is 0 Å². The van der Waals surface area contributed by atoms with Gasteiger partial charge in [0.15, 0.2) is 0 Å². The predicted molar refractivity (Wildman–Crippen MR) is 92.7 cm³/mol. The number of nitrogens with zero attached hydrogens (tertiary/aromatic N) is 4. The van der Waals surface area contributed by atoms with Gasteiger partial charge >= 0.3 is 0 Å². The molecule has 4 rings (SSSR count). The van der Waals surface area contributed by atoms with Gasteiger partial charge in [-0.1, -0.05) is 6.07 Å². The van der Waals surface area contributed by atoms with Gasteiger partial charge in [-0.05, 0) is 12.1 Å². The van der Waals surface area contributed by atoms with E-state index in [0.717, 1.165) is 57.4 Å². The maximum Gasteiger partial charge on any atom is 0.134 e. The fraction of sp³-hybridized carbons (Fsp3) is 0.444. The number of halogens is 1. The van der Waals surface area contributed by atoms with Gasteiger partial charge in [0.05, 0.1) is 19.8 Å². The highest BCUT2D eigenvalue weighted by Crippen LogP contribution is 2.25. The lowest BCUT2D eigenvalue weighted by Gasteiger charge is -2.28. The summed E-state index contributed by atoms with van der Waals surface area (Å²) in [6.45, 7) is 4.75. The molecule has 3 heterocycles. The summed E-state index contributed by atoms with van der Waals surface area (Å²) in [4.78, 5) is 13.2. The molecule has 0 aliphatic carbocycles. The molecule has 6 nitrogen and oxygen atoms in total. The van der Waals surface area contributed by atoms with E-state index in [2.05, 4.69) is 19.8 Å². The normalized spacial score (nSPS) is 20.8. The van der Waals surface area contributed by atoms with Crippen LogP contribution in [-0.2, 0) is 4.74 Å². The third kappa shape index (κ3) is 3.82. The summed E-state index contributed by atoms with van der Waals surface area (Å²) in [5.41, 5.74) is 0. The van der Waals surface area contributed by atoms with Crippen molar-refractivity contribution in [1.29, 1.82) is 0 Å². The second kappa shape index (κ2) is 7.23. The third-order valence-corrected chi connectivity index (χ3v) is 4.54. The second-order valence-electron chi connectivity index (χ2n) is 6.27. The minimum Gasteiger partial charge on any atom is -0.488 e. The molecule has 0 N–H and O–H groups in total. The number of morpholine rings is 1. The Morgan fingerprint density at radius 1 is 1.04 bits per heavy atom. The number of rotatable bonds is 4. The molecule has 2 aliphatic heterocycles. The van der Waals surface area contributed by atoms with Crippen LogP contribution in [0.3, 0.4) is 0 Å².